The highest BCUT2D eigenvalue weighted by atomic mass is 15.2. The lowest BCUT2D eigenvalue weighted by atomic mass is 10.0. The minimum absolute atomic E-state index is 0.0197. The zero-order valence-corrected chi connectivity index (χ0v) is 12.6. The summed E-state index contributed by atoms with van der Waals surface area (Å²) >= 11 is 0. The smallest absolute Gasteiger partial charge is 0.137 e. The van der Waals surface area contributed by atoms with Crippen molar-refractivity contribution in [2.45, 2.75) is 32.9 Å². The number of hydrogen-bond acceptors (Lipinski definition) is 3. The summed E-state index contributed by atoms with van der Waals surface area (Å²) in [5, 5.41) is 2.32. The number of aromatic nitrogens is 1. The lowest BCUT2D eigenvalue weighted by Crippen LogP contribution is -2.42. The average molecular weight is 269 g/mol. The van der Waals surface area contributed by atoms with E-state index < -0.39 is 0 Å². The van der Waals surface area contributed by atoms with E-state index >= 15 is 0 Å². The summed E-state index contributed by atoms with van der Waals surface area (Å²) in [6, 6.07) is 8.30. The average Bonchev–Trinajstić information content (AvgIpc) is 2.43. The quantitative estimate of drug-likeness (QED) is 0.864. The van der Waals surface area contributed by atoms with E-state index in [9.17, 15) is 0 Å². The normalized spacial score (nSPS) is 11.6. The van der Waals surface area contributed by atoms with Gasteiger partial charge in [0.15, 0.2) is 0 Å². The van der Waals surface area contributed by atoms with Crippen molar-refractivity contribution in [2.75, 3.05) is 11.4 Å². The molecule has 0 atom stereocenters. The van der Waals surface area contributed by atoms with Gasteiger partial charge in [-0.2, -0.15) is 0 Å². The Morgan fingerprint density at radius 2 is 1.90 bits per heavy atom. The second-order valence-corrected chi connectivity index (χ2v) is 5.93. The molecule has 0 saturated carbocycles. The van der Waals surface area contributed by atoms with Gasteiger partial charge in [0.2, 0.25) is 0 Å². The minimum Gasteiger partial charge on any atom is -0.348 e. The van der Waals surface area contributed by atoms with Gasteiger partial charge in [0.25, 0.3) is 0 Å². The first-order valence-electron chi connectivity index (χ1n) is 6.94. The molecule has 0 saturated heterocycles. The van der Waals surface area contributed by atoms with Crippen LogP contribution in [0.4, 0.5) is 5.82 Å². The highest BCUT2D eigenvalue weighted by molar-refractivity contribution is 5.94. The first-order chi connectivity index (χ1) is 9.49. The molecule has 106 valence electrons. The zero-order valence-electron chi connectivity index (χ0n) is 12.6. The van der Waals surface area contributed by atoms with E-state index in [1.54, 1.807) is 0 Å². The van der Waals surface area contributed by atoms with Gasteiger partial charge in [0.05, 0.1) is 0 Å². The van der Waals surface area contributed by atoms with Crippen LogP contribution in [0.3, 0.4) is 0 Å². The van der Waals surface area contributed by atoms with E-state index in [4.69, 9.17) is 5.73 Å². The molecule has 20 heavy (non-hydrogen) atoms. The standard InChI is InChI=1S/C17H23N3/c1-5-10-20(17(2,3)4)16-15-9-7-6-8-14(15)13(11-18)12-19-16/h5-9,12H,1,10-11,18H2,2-4H3. The molecule has 2 N–H and O–H groups in total. The molecular weight excluding hydrogens is 246 g/mol. The molecule has 0 fully saturated rings. The van der Waals surface area contributed by atoms with Crippen molar-refractivity contribution >= 4 is 16.6 Å². The number of fused-ring (bicyclic) bond motifs is 1. The summed E-state index contributed by atoms with van der Waals surface area (Å²) in [4.78, 5) is 6.93. The van der Waals surface area contributed by atoms with Crippen molar-refractivity contribution in [2.24, 2.45) is 5.73 Å². The van der Waals surface area contributed by atoms with E-state index in [-0.39, 0.29) is 5.54 Å². The van der Waals surface area contributed by atoms with Crippen LogP contribution in [0.1, 0.15) is 26.3 Å². The Labute approximate surface area is 121 Å². The van der Waals surface area contributed by atoms with Crippen LogP contribution >= 0.6 is 0 Å². The van der Waals surface area contributed by atoms with Gasteiger partial charge in [-0.05, 0) is 31.7 Å². The molecule has 0 aliphatic rings. The van der Waals surface area contributed by atoms with Gasteiger partial charge in [-0.1, -0.05) is 30.3 Å². The van der Waals surface area contributed by atoms with Crippen molar-refractivity contribution in [1.82, 2.24) is 4.98 Å². The minimum atomic E-state index is -0.0197. The Morgan fingerprint density at radius 3 is 2.45 bits per heavy atom. The SMILES string of the molecule is C=CCN(c1ncc(CN)c2ccccc12)C(C)(C)C. The van der Waals surface area contributed by atoms with E-state index in [0.717, 1.165) is 23.3 Å². The summed E-state index contributed by atoms with van der Waals surface area (Å²) in [5.74, 6) is 0.991. The first kappa shape index (κ1) is 14.5. The number of nitrogens with zero attached hydrogens (tertiary/aromatic N) is 2. The van der Waals surface area contributed by atoms with Gasteiger partial charge < -0.3 is 10.6 Å². The predicted octanol–water partition coefficient (Wildman–Crippen LogP) is 3.48. The number of benzene rings is 1. The molecule has 1 aromatic heterocycles. The van der Waals surface area contributed by atoms with Gasteiger partial charge >= 0.3 is 0 Å². The maximum absolute atomic E-state index is 5.82. The molecule has 0 aliphatic heterocycles. The Morgan fingerprint density at radius 1 is 1.25 bits per heavy atom. The van der Waals surface area contributed by atoms with E-state index in [1.807, 2.05) is 24.4 Å². The molecule has 0 aliphatic carbocycles. The second kappa shape index (κ2) is 5.63. The van der Waals surface area contributed by atoms with Crippen LogP contribution in [0.15, 0.2) is 43.1 Å². The molecule has 0 spiro atoms. The fourth-order valence-corrected chi connectivity index (χ4v) is 2.42. The monoisotopic (exact) mass is 269 g/mol. The Hall–Kier alpha value is -1.87. The van der Waals surface area contributed by atoms with Crippen LogP contribution in [-0.2, 0) is 6.54 Å². The number of rotatable bonds is 4. The number of nitrogens with two attached hydrogens (primary N) is 1. The molecule has 1 heterocycles. The molecule has 0 radical (unpaired) electrons. The fourth-order valence-electron chi connectivity index (χ4n) is 2.42. The lowest BCUT2D eigenvalue weighted by Gasteiger charge is -2.36. The fraction of sp³-hybridized carbons (Fsp3) is 0.353. The number of anilines is 1. The molecule has 3 nitrogen and oxygen atoms in total. The molecule has 0 unspecified atom stereocenters. The molecule has 0 amide bonds. The molecule has 0 bridgehead atoms. The molecular formula is C17H23N3. The Bertz CT molecular complexity index is 611. The molecule has 2 rings (SSSR count). The topological polar surface area (TPSA) is 42.2 Å². The second-order valence-electron chi connectivity index (χ2n) is 5.93. The van der Waals surface area contributed by atoms with E-state index in [2.05, 4.69) is 49.4 Å². The van der Waals surface area contributed by atoms with Crippen LogP contribution in [0, 0.1) is 0 Å². The highest BCUT2D eigenvalue weighted by Crippen LogP contribution is 2.31. The van der Waals surface area contributed by atoms with Gasteiger partial charge in [-0.15, -0.1) is 6.58 Å². The van der Waals surface area contributed by atoms with Gasteiger partial charge in [-0.3, -0.25) is 0 Å². The van der Waals surface area contributed by atoms with Gasteiger partial charge in [-0.25, -0.2) is 4.98 Å². The zero-order chi connectivity index (χ0) is 14.8. The molecule has 3 heteroatoms. The third-order valence-corrected chi connectivity index (χ3v) is 3.45. The van der Waals surface area contributed by atoms with E-state index in [0.29, 0.717) is 6.54 Å². The van der Waals surface area contributed by atoms with Crippen molar-refractivity contribution in [3.63, 3.8) is 0 Å². The summed E-state index contributed by atoms with van der Waals surface area (Å²) in [6.45, 7) is 11.7. The largest absolute Gasteiger partial charge is 0.348 e. The van der Waals surface area contributed by atoms with E-state index in [1.165, 1.54) is 5.39 Å². The number of pyridine rings is 1. The lowest BCUT2D eigenvalue weighted by molar-refractivity contribution is 0.519. The third kappa shape index (κ3) is 2.68. The van der Waals surface area contributed by atoms with Crippen molar-refractivity contribution in [1.29, 1.82) is 0 Å². The predicted molar refractivity (Wildman–Crippen MR) is 86.9 cm³/mol. The molecule has 2 aromatic rings. The van der Waals surface area contributed by atoms with Crippen LogP contribution in [0.2, 0.25) is 0 Å². The Balaban J connectivity index is 2.67. The van der Waals surface area contributed by atoms with Crippen molar-refractivity contribution < 1.29 is 0 Å². The summed E-state index contributed by atoms with van der Waals surface area (Å²) in [7, 11) is 0. The van der Waals surface area contributed by atoms with Crippen LogP contribution in [0.5, 0.6) is 0 Å². The maximum Gasteiger partial charge on any atom is 0.137 e. The third-order valence-electron chi connectivity index (χ3n) is 3.45. The van der Waals surface area contributed by atoms with Crippen molar-refractivity contribution in [3.05, 3.63) is 48.7 Å². The van der Waals surface area contributed by atoms with Gasteiger partial charge in [0, 0.05) is 30.2 Å². The van der Waals surface area contributed by atoms with Gasteiger partial charge in [0.1, 0.15) is 5.82 Å². The summed E-state index contributed by atoms with van der Waals surface area (Å²) in [6.07, 6.45) is 3.80. The first-order valence-corrected chi connectivity index (χ1v) is 6.94. The Kier molecular flexibility index (Phi) is 4.09. The summed E-state index contributed by atoms with van der Waals surface area (Å²) in [5.41, 5.74) is 6.88. The maximum atomic E-state index is 5.82. The van der Waals surface area contributed by atoms with Crippen LogP contribution in [-0.4, -0.2) is 17.1 Å². The number of hydrogen-bond donors (Lipinski definition) is 1. The van der Waals surface area contributed by atoms with Crippen LogP contribution < -0.4 is 10.6 Å². The van der Waals surface area contributed by atoms with Crippen LogP contribution in [0.25, 0.3) is 10.8 Å². The van der Waals surface area contributed by atoms with Crippen molar-refractivity contribution in [3.8, 4) is 0 Å². The summed E-state index contributed by atoms with van der Waals surface area (Å²) < 4.78 is 0. The molecule has 1 aromatic carbocycles. The highest BCUT2D eigenvalue weighted by Gasteiger charge is 2.23.